The van der Waals surface area contributed by atoms with Crippen molar-refractivity contribution in [2.24, 2.45) is 10.7 Å². The van der Waals surface area contributed by atoms with E-state index in [9.17, 15) is 12.8 Å². The van der Waals surface area contributed by atoms with Crippen LogP contribution in [0.5, 0.6) is 0 Å². The van der Waals surface area contributed by atoms with Crippen LogP contribution in [0.4, 0.5) is 4.39 Å². The first-order chi connectivity index (χ1) is 11.6. The van der Waals surface area contributed by atoms with Gasteiger partial charge in [-0.1, -0.05) is 6.07 Å². The van der Waals surface area contributed by atoms with Gasteiger partial charge in [-0.2, -0.15) is 0 Å². The van der Waals surface area contributed by atoms with Crippen LogP contribution in [0.25, 0.3) is 11.1 Å². The lowest BCUT2D eigenvalue weighted by atomic mass is 9.91. The van der Waals surface area contributed by atoms with Gasteiger partial charge in [0.15, 0.2) is 9.84 Å². The van der Waals surface area contributed by atoms with E-state index in [-0.39, 0.29) is 17.2 Å². The zero-order valence-electron chi connectivity index (χ0n) is 14.2. The fraction of sp³-hybridized carbons (Fsp3) is 0.353. The summed E-state index contributed by atoms with van der Waals surface area (Å²) in [5.74, 6) is -0.872. The molecule has 2 aromatic rings. The van der Waals surface area contributed by atoms with Crippen molar-refractivity contribution in [1.82, 2.24) is 9.97 Å². The Bertz CT molecular complexity index is 958. The average molecular weight is 362 g/mol. The van der Waals surface area contributed by atoms with E-state index in [0.717, 1.165) is 0 Å². The van der Waals surface area contributed by atoms with E-state index in [2.05, 4.69) is 15.0 Å². The second kappa shape index (κ2) is 5.59. The molecule has 0 saturated heterocycles. The average Bonchev–Trinajstić information content (AvgIpc) is 2.54. The van der Waals surface area contributed by atoms with Crippen molar-refractivity contribution in [3.63, 3.8) is 0 Å². The summed E-state index contributed by atoms with van der Waals surface area (Å²) in [6, 6.07) is 4.47. The minimum absolute atomic E-state index is 0.0194. The molecule has 0 bridgehead atoms. The number of rotatable bonds is 2. The molecule has 0 unspecified atom stereocenters. The van der Waals surface area contributed by atoms with Crippen LogP contribution >= 0.6 is 0 Å². The van der Waals surface area contributed by atoms with Gasteiger partial charge in [0.2, 0.25) is 0 Å². The molecule has 0 radical (unpaired) electrons. The Hall–Kier alpha value is -2.35. The van der Waals surface area contributed by atoms with Gasteiger partial charge in [-0.3, -0.25) is 4.99 Å². The Morgan fingerprint density at radius 1 is 1.12 bits per heavy atom. The van der Waals surface area contributed by atoms with Crippen molar-refractivity contribution in [1.29, 1.82) is 0 Å². The quantitative estimate of drug-likeness (QED) is 0.882. The van der Waals surface area contributed by atoms with Crippen molar-refractivity contribution in [2.75, 3.05) is 5.75 Å². The molecular weight excluding hydrogens is 343 g/mol. The Kier molecular flexibility index (Phi) is 3.90. The van der Waals surface area contributed by atoms with Gasteiger partial charge in [0, 0.05) is 23.5 Å². The summed E-state index contributed by atoms with van der Waals surface area (Å²) >= 11 is 0. The molecule has 1 aliphatic rings. The molecule has 2 N–H and O–H groups in total. The van der Waals surface area contributed by atoms with E-state index in [1.54, 1.807) is 31.5 Å². The van der Waals surface area contributed by atoms with Gasteiger partial charge in [-0.05, 0) is 38.5 Å². The molecule has 1 aromatic carbocycles. The predicted octanol–water partition coefficient (Wildman–Crippen LogP) is 2.06. The van der Waals surface area contributed by atoms with E-state index in [1.165, 1.54) is 26.2 Å². The SMILES string of the molecule is CC1(C)C(N)=N[C@](C)(c2cc(-c3cncnc3)ccc2F)CS1(=O)=O. The van der Waals surface area contributed by atoms with E-state index in [0.29, 0.717) is 11.1 Å². The number of nitrogens with two attached hydrogens (primary N) is 1. The molecule has 1 atom stereocenters. The van der Waals surface area contributed by atoms with Crippen LogP contribution in [0.2, 0.25) is 0 Å². The first-order valence-electron chi connectivity index (χ1n) is 7.70. The second-order valence-electron chi connectivity index (χ2n) is 6.86. The minimum Gasteiger partial charge on any atom is -0.386 e. The fourth-order valence-corrected chi connectivity index (χ4v) is 4.53. The van der Waals surface area contributed by atoms with Gasteiger partial charge in [-0.15, -0.1) is 0 Å². The fourth-order valence-electron chi connectivity index (χ4n) is 2.85. The number of aromatic nitrogens is 2. The van der Waals surface area contributed by atoms with Crippen LogP contribution < -0.4 is 5.73 Å². The molecule has 1 aromatic heterocycles. The van der Waals surface area contributed by atoms with Gasteiger partial charge >= 0.3 is 0 Å². The molecule has 132 valence electrons. The third-order valence-corrected chi connectivity index (χ3v) is 7.38. The molecule has 8 heteroatoms. The number of benzene rings is 1. The maximum atomic E-state index is 14.6. The highest BCUT2D eigenvalue weighted by Crippen LogP contribution is 2.38. The molecule has 0 amide bonds. The summed E-state index contributed by atoms with van der Waals surface area (Å²) < 4.78 is 38.6. The molecular formula is C17H19FN4O2S. The molecule has 25 heavy (non-hydrogen) atoms. The molecule has 2 heterocycles. The van der Waals surface area contributed by atoms with Crippen molar-refractivity contribution in [3.8, 4) is 11.1 Å². The highest BCUT2D eigenvalue weighted by molar-refractivity contribution is 7.93. The largest absolute Gasteiger partial charge is 0.386 e. The highest BCUT2D eigenvalue weighted by Gasteiger charge is 2.49. The Morgan fingerprint density at radius 2 is 1.76 bits per heavy atom. The molecule has 3 rings (SSSR count). The lowest BCUT2D eigenvalue weighted by Crippen LogP contribution is -2.54. The van der Waals surface area contributed by atoms with E-state index >= 15 is 0 Å². The van der Waals surface area contributed by atoms with Gasteiger partial charge in [0.1, 0.15) is 28.3 Å². The first kappa shape index (κ1) is 17.5. The molecule has 0 spiro atoms. The Balaban J connectivity index is 2.18. The van der Waals surface area contributed by atoms with Crippen LogP contribution in [-0.4, -0.2) is 34.7 Å². The van der Waals surface area contributed by atoms with E-state index in [1.807, 2.05) is 0 Å². The first-order valence-corrected chi connectivity index (χ1v) is 9.36. The van der Waals surface area contributed by atoms with Gasteiger partial charge < -0.3 is 5.73 Å². The van der Waals surface area contributed by atoms with Crippen LogP contribution in [-0.2, 0) is 15.4 Å². The molecule has 0 fully saturated rings. The minimum atomic E-state index is -3.61. The third kappa shape index (κ3) is 2.80. The monoisotopic (exact) mass is 362 g/mol. The summed E-state index contributed by atoms with van der Waals surface area (Å²) in [4.78, 5) is 12.3. The van der Waals surface area contributed by atoms with E-state index < -0.39 is 25.9 Å². The lowest BCUT2D eigenvalue weighted by Gasteiger charge is -2.38. The zero-order chi connectivity index (χ0) is 18.5. The maximum Gasteiger partial charge on any atom is 0.165 e. The number of hydrogen-bond donors (Lipinski definition) is 1. The maximum absolute atomic E-state index is 14.6. The summed E-state index contributed by atoms with van der Waals surface area (Å²) in [5.41, 5.74) is 6.18. The van der Waals surface area contributed by atoms with Crippen molar-refractivity contribution >= 4 is 15.7 Å². The zero-order valence-corrected chi connectivity index (χ0v) is 15.0. The molecule has 0 aliphatic carbocycles. The van der Waals surface area contributed by atoms with E-state index in [4.69, 9.17) is 5.73 Å². The Morgan fingerprint density at radius 3 is 2.36 bits per heavy atom. The number of aliphatic imine (C=N–C) groups is 1. The summed E-state index contributed by atoms with van der Waals surface area (Å²) in [6.45, 7) is 4.60. The molecule has 6 nitrogen and oxygen atoms in total. The Labute approximate surface area is 146 Å². The number of hydrogen-bond acceptors (Lipinski definition) is 6. The number of sulfone groups is 1. The van der Waals surface area contributed by atoms with Crippen LogP contribution in [0.3, 0.4) is 0 Å². The van der Waals surface area contributed by atoms with Crippen molar-refractivity contribution < 1.29 is 12.8 Å². The topological polar surface area (TPSA) is 98.3 Å². The standard InChI is InChI=1S/C17H19FN4O2S/c1-16(2)15(19)22-17(3,9-25(16,23)24)13-6-11(4-5-14(13)18)12-7-20-10-21-8-12/h4-8,10H,9H2,1-3H3,(H2,19,22)/t17-/m0/s1. The summed E-state index contributed by atoms with van der Waals surface area (Å²) in [7, 11) is -3.61. The highest BCUT2D eigenvalue weighted by atomic mass is 32.2. The van der Waals surface area contributed by atoms with Crippen LogP contribution in [0.1, 0.15) is 26.3 Å². The second-order valence-corrected chi connectivity index (χ2v) is 9.40. The number of halogens is 1. The number of nitrogens with zero attached hydrogens (tertiary/aromatic N) is 3. The van der Waals surface area contributed by atoms with Crippen LogP contribution in [0.15, 0.2) is 41.9 Å². The summed E-state index contributed by atoms with van der Waals surface area (Å²) in [5, 5.41) is 0. The predicted molar refractivity (Wildman–Crippen MR) is 94.3 cm³/mol. The lowest BCUT2D eigenvalue weighted by molar-refractivity contribution is 0.476. The van der Waals surface area contributed by atoms with Crippen molar-refractivity contribution in [3.05, 3.63) is 48.3 Å². The van der Waals surface area contributed by atoms with Gasteiger partial charge in [-0.25, -0.2) is 22.8 Å². The third-order valence-electron chi connectivity index (χ3n) is 4.67. The molecule has 1 aliphatic heterocycles. The smallest absolute Gasteiger partial charge is 0.165 e. The number of amidine groups is 1. The molecule has 0 saturated carbocycles. The van der Waals surface area contributed by atoms with Crippen LogP contribution in [0, 0.1) is 5.82 Å². The van der Waals surface area contributed by atoms with Gasteiger partial charge in [0.25, 0.3) is 0 Å². The summed E-state index contributed by atoms with van der Waals surface area (Å²) in [6.07, 6.45) is 4.60. The van der Waals surface area contributed by atoms with Crippen molar-refractivity contribution in [2.45, 2.75) is 31.1 Å². The normalized spacial score (nSPS) is 24.6. The van der Waals surface area contributed by atoms with Gasteiger partial charge in [0.05, 0.1) is 5.75 Å².